The van der Waals surface area contributed by atoms with Crippen molar-refractivity contribution in [3.63, 3.8) is 0 Å². The van der Waals surface area contributed by atoms with Crippen LogP contribution in [0.3, 0.4) is 0 Å². The van der Waals surface area contributed by atoms with Gasteiger partial charge in [0.2, 0.25) is 0 Å². The Morgan fingerprint density at radius 1 is 0.409 bits per heavy atom. The second-order valence-corrected chi connectivity index (χ2v) is 9.86. The first-order valence-electron chi connectivity index (χ1n) is 13.9. The van der Waals surface area contributed by atoms with Crippen molar-refractivity contribution in [2.24, 2.45) is 0 Å². The van der Waals surface area contributed by atoms with Gasteiger partial charge in [-0.2, -0.15) is 0 Å². The van der Waals surface area contributed by atoms with Gasteiger partial charge in [-0.05, 0) is 65.7 Å². The van der Waals surface area contributed by atoms with Crippen LogP contribution in [0.1, 0.15) is 52.6 Å². The molecule has 2 N–H and O–H groups in total. The fraction of sp³-hybridized carbons (Fsp3) is 0. The van der Waals surface area contributed by atoms with Crippen LogP contribution in [-0.2, 0) is 0 Å². The van der Waals surface area contributed by atoms with E-state index in [1.54, 1.807) is 103 Å². The summed E-state index contributed by atoms with van der Waals surface area (Å²) in [6, 6.07) is 38.7. The lowest BCUT2D eigenvalue weighted by Gasteiger charge is -2.09. The summed E-state index contributed by atoms with van der Waals surface area (Å²) in [6.45, 7) is 0. The number of anilines is 2. The van der Waals surface area contributed by atoms with Crippen LogP contribution in [-0.4, -0.2) is 23.4 Å². The fourth-order valence-electron chi connectivity index (χ4n) is 4.30. The number of allylic oxidation sites excluding steroid dienone is 2. The van der Waals surface area contributed by atoms with E-state index in [4.69, 9.17) is 0 Å². The van der Waals surface area contributed by atoms with Gasteiger partial charge < -0.3 is 10.6 Å². The number of hydrogen-bond acceptors (Lipinski definition) is 4. The molecule has 5 aromatic rings. The summed E-state index contributed by atoms with van der Waals surface area (Å²) < 4.78 is 0. The molecule has 0 spiro atoms. The number of benzene rings is 5. The molecule has 0 aromatic heterocycles. The van der Waals surface area contributed by atoms with Crippen molar-refractivity contribution < 1.29 is 19.2 Å². The largest absolute Gasteiger partial charge is 0.322 e. The highest BCUT2D eigenvalue weighted by molar-refractivity contribution is 6.09. The lowest BCUT2D eigenvalue weighted by molar-refractivity contribution is 0.102. The topological polar surface area (TPSA) is 92.3 Å². The van der Waals surface area contributed by atoms with Crippen LogP contribution in [0.4, 0.5) is 11.4 Å². The molecule has 5 aromatic carbocycles. The first-order valence-corrected chi connectivity index (χ1v) is 13.9. The Bertz CT molecular complexity index is 1710. The zero-order chi connectivity index (χ0) is 30.7. The quantitative estimate of drug-likeness (QED) is 0.130. The monoisotopic (exact) mass is 576 g/mol. The Kier molecular flexibility index (Phi) is 9.45. The van der Waals surface area contributed by atoms with E-state index in [2.05, 4.69) is 10.6 Å². The minimum absolute atomic E-state index is 0.0895. The van der Waals surface area contributed by atoms with Gasteiger partial charge >= 0.3 is 0 Å². The highest BCUT2D eigenvalue weighted by Gasteiger charge is 2.12. The van der Waals surface area contributed by atoms with Crippen molar-refractivity contribution in [2.75, 3.05) is 10.6 Å². The molecule has 0 radical (unpaired) electrons. The molecule has 5 rings (SSSR count). The minimum atomic E-state index is -0.358. The van der Waals surface area contributed by atoms with Crippen LogP contribution in [0, 0.1) is 0 Å². The molecule has 6 nitrogen and oxygen atoms in total. The number of nitrogens with one attached hydrogen (secondary N) is 2. The maximum atomic E-state index is 12.9. The predicted molar refractivity (Wildman–Crippen MR) is 175 cm³/mol. The van der Waals surface area contributed by atoms with Crippen molar-refractivity contribution >= 4 is 46.9 Å². The summed E-state index contributed by atoms with van der Waals surface area (Å²) in [6.07, 6.45) is 6.47. The van der Waals surface area contributed by atoms with Gasteiger partial charge in [-0.3, -0.25) is 19.2 Å². The van der Waals surface area contributed by atoms with Gasteiger partial charge in [-0.25, -0.2) is 0 Å². The van der Waals surface area contributed by atoms with Crippen LogP contribution in [0.15, 0.2) is 146 Å². The third-order valence-electron chi connectivity index (χ3n) is 6.69. The first kappa shape index (κ1) is 29.4. The molecule has 0 fully saturated rings. The molecular weight excluding hydrogens is 548 g/mol. The van der Waals surface area contributed by atoms with Gasteiger partial charge in [0, 0.05) is 33.6 Å². The van der Waals surface area contributed by atoms with Gasteiger partial charge in [0.1, 0.15) is 0 Å². The second-order valence-electron chi connectivity index (χ2n) is 9.86. The SMILES string of the molecule is O=C(C=Cc1ccc(NC(=O)c2cccc(C(=O)Nc3ccc(C=CC(=O)c4ccccc4)cc3)c2)cc1)c1ccccc1. The first-order chi connectivity index (χ1) is 21.4. The smallest absolute Gasteiger partial charge is 0.255 e. The minimum Gasteiger partial charge on any atom is -0.322 e. The number of hydrogen-bond donors (Lipinski definition) is 2. The molecule has 0 saturated carbocycles. The second kappa shape index (κ2) is 14.2. The Balaban J connectivity index is 1.16. The maximum absolute atomic E-state index is 12.9. The van der Waals surface area contributed by atoms with E-state index in [1.807, 2.05) is 36.4 Å². The maximum Gasteiger partial charge on any atom is 0.255 e. The van der Waals surface area contributed by atoms with Gasteiger partial charge in [0.25, 0.3) is 11.8 Å². The lowest BCUT2D eigenvalue weighted by Crippen LogP contribution is -2.15. The van der Waals surface area contributed by atoms with E-state index in [0.717, 1.165) is 11.1 Å². The average Bonchev–Trinajstić information content (AvgIpc) is 3.08. The standard InChI is InChI=1S/C38H28N2O4/c41-35(29-8-3-1-4-9-29)24-18-27-14-20-33(21-15-27)39-37(43)31-12-7-13-32(26-31)38(44)40-34-22-16-28(17-23-34)19-25-36(42)30-10-5-2-6-11-30/h1-26H,(H,39,43)(H,40,44). The predicted octanol–water partition coefficient (Wildman–Crippen LogP) is 7.98. The molecule has 214 valence electrons. The molecule has 0 heterocycles. The van der Waals surface area contributed by atoms with Crippen LogP contribution >= 0.6 is 0 Å². The summed E-state index contributed by atoms with van der Waals surface area (Å²) in [5.41, 5.74) is 4.68. The number of amides is 2. The third-order valence-corrected chi connectivity index (χ3v) is 6.69. The van der Waals surface area contributed by atoms with E-state index in [9.17, 15) is 19.2 Å². The van der Waals surface area contributed by atoms with Gasteiger partial charge in [-0.15, -0.1) is 0 Å². The van der Waals surface area contributed by atoms with E-state index >= 15 is 0 Å². The summed E-state index contributed by atoms with van der Waals surface area (Å²) in [5.74, 6) is -0.895. The molecule has 0 aliphatic rings. The van der Waals surface area contributed by atoms with E-state index in [0.29, 0.717) is 33.6 Å². The third kappa shape index (κ3) is 7.99. The summed E-state index contributed by atoms with van der Waals surface area (Å²) in [7, 11) is 0. The fourth-order valence-corrected chi connectivity index (χ4v) is 4.30. The zero-order valence-corrected chi connectivity index (χ0v) is 23.6. The Hall–Kier alpha value is -6.14. The molecule has 44 heavy (non-hydrogen) atoms. The number of carbonyl (C=O) groups excluding carboxylic acids is 4. The molecule has 0 atom stereocenters. The number of carbonyl (C=O) groups is 4. The van der Waals surface area contributed by atoms with E-state index in [1.165, 1.54) is 18.2 Å². The van der Waals surface area contributed by atoms with Gasteiger partial charge in [0.05, 0.1) is 0 Å². The summed E-state index contributed by atoms with van der Waals surface area (Å²) >= 11 is 0. The highest BCUT2D eigenvalue weighted by Crippen LogP contribution is 2.16. The zero-order valence-electron chi connectivity index (χ0n) is 23.6. The molecule has 6 heteroatoms. The highest BCUT2D eigenvalue weighted by atomic mass is 16.2. The van der Waals surface area contributed by atoms with Gasteiger partial charge in [-0.1, -0.05) is 103 Å². The van der Waals surface area contributed by atoms with Crippen LogP contribution in [0.5, 0.6) is 0 Å². The van der Waals surface area contributed by atoms with Crippen molar-refractivity contribution in [1.29, 1.82) is 0 Å². The van der Waals surface area contributed by atoms with Crippen LogP contribution in [0.25, 0.3) is 12.2 Å². The molecule has 0 saturated heterocycles. The van der Waals surface area contributed by atoms with Gasteiger partial charge in [0.15, 0.2) is 11.6 Å². The Labute approximate surface area is 255 Å². The van der Waals surface area contributed by atoms with Crippen LogP contribution < -0.4 is 10.6 Å². The molecule has 0 aliphatic carbocycles. The van der Waals surface area contributed by atoms with Crippen molar-refractivity contribution in [3.05, 3.63) is 179 Å². The summed E-state index contributed by atoms with van der Waals surface area (Å²) in [4.78, 5) is 50.4. The van der Waals surface area contributed by atoms with E-state index < -0.39 is 0 Å². The molecule has 0 aliphatic heterocycles. The molecule has 2 amide bonds. The normalized spacial score (nSPS) is 10.9. The summed E-state index contributed by atoms with van der Waals surface area (Å²) in [5, 5.41) is 5.67. The van der Waals surface area contributed by atoms with Crippen molar-refractivity contribution in [3.8, 4) is 0 Å². The Morgan fingerprint density at radius 2 is 0.773 bits per heavy atom. The lowest BCUT2D eigenvalue weighted by atomic mass is 10.1. The Morgan fingerprint density at radius 3 is 1.16 bits per heavy atom. The number of rotatable bonds is 10. The molecule has 0 bridgehead atoms. The van der Waals surface area contributed by atoms with Crippen molar-refractivity contribution in [1.82, 2.24) is 0 Å². The van der Waals surface area contributed by atoms with E-state index in [-0.39, 0.29) is 23.4 Å². The van der Waals surface area contributed by atoms with Crippen molar-refractivity contribution in [2.45, 2.75) is 0 Å². The average molecular weight is 577 g/mol. The molecule has 0 unspecified atom stereocenters. The van der Waals surface area contributed by atoms with Crippen LogP contribution in [0.2, 0.25) is 0 Å². The molecular formula is C38H28N2O4. The number of ketones is 2.